The first-order valence-electron chi connectivity index (χ1n) is 6.98. The van der Waals surface area contributed by atoms with Crippen molar-refractivity contribution in [1.82, 2.24) is 9.29 Å². The number of hydrogen-bond donors (Lipinski definition) is 0. The number of nitrogens with zero attached hydrogens (tertiary/aromatic N) is 3. The highest BCUT2D eigenvalue weighted by atomic mass is 32.2. The Bertz CT molecular complexity index is 610. The van der Waals surface area contributed by atoms with Crippen LogP contribution in [0.2, 0.25) is 0 Å². The van der Waals surface area contributed by atoms with Gasteiger partial charge in [0.2, 0.25) is 10.0 Å². The topological polar surface area (TPSA) is 53.5 Å². The minimum atomic E-state index is -3.54. The van der Waals surface area contributed by atoms with Gasteiger partial charge in [0, 0.05) is 25.4 Å². The number of sulfonamides is 1. The van der Waals surface area contributed by atoms with Crippen molar-refractivity contribution in [3.05, 3.63) is 18.3 Å². The SMILES string of the molecule is O=S(=O)(c1ccnc(N2C[C@@H](F)[C@@H](F)C2)c1)N1CCCC1. The summed E-state index contributed by atoms with van der Waals surface area (Å²) in [6, 6.07) is 2.82. The molecular formula is C13H17F2N3O2S. The first-order valence-corrected chi connectivity index (χ1v) is 8.42. The first kappa shape index (κ1) is 14.6. The summed E-state index contributed by atoms with van der Waals surface area (Å²) in [4.78, 5) is 5.61. The molecule has 0 amide bonds. The standard InChI is InChI=1S/C13H17F2N3O2S/c14-11-8-17(9-12(11)15)13-7-10(3-4-16-13)21(19,20)18-5-1-2-6-18/h3-4,7,11-12H,1-2,5-6,8-9H2/t11-,12+. The molecule has 2 aliphatic heterocycles. The van der Waals surface area contributed by atoms with Crippen molar-refractivity contribution < 1.29 is 17.2 Å². The molecule has 0 spiro atoms. The summed E-state index contributed by atoms with van der Waals surface area (Å²) >= 11 is 0. The molecule has 0 radical (unpaired) electrons. The van der Waals surface area contributed by atoms with Crippen LogP contribution in [-0.4, -0.2) is 56.2 Å². The normalized spacial score (nSPS) is 27.4. The maximum atomic E-state index is 13.3. The molecule has 0 aromatic carbocycles. The summed E-state index contributed by atoms with van der Waals surface area (Å²) in [6.45, 7) is 0.842. The molecule has 0 unspecified atom stereocenters. The van der Waals surface area contributed by atoms with E-state index in [1.165, 1.54) is 27.5 Å². The number of pyridine rings is 1. The highest BCUT2D eigenvalue weighted by Crippen LogP contribution is 2.26. The van der Waals surface area contributed by atoms with Crippen molar-refractivity contribution >= 4 is 15.8 Å². The van der Waals surface area contributed by atoms with Crippen LogP contribution >= 0.6 is 0 Å². The maximum absolute atomic E-state index is 13.3. The molecule has 2 fully saturated rings. The monoisotopic (exact) mass is 317 g/mol. The lowest BCUT2D eigenvalue weighted by Gasteiger charge is -2.19. The van der Waals surface area contributed by atoms with Crippen LogP contribution in [0.15, 0.2) is 23.2 Å². The van der Waals surface area contributed by atoms with E-state index in [1.807, 2.05) is 0 Å². The fourth-order valence-corrected chi connectivity index (χ4v) is 4.25. The zero-order valence-corrected chi connectivity index (χ0v) is 12.3. The van der Waals surface area contributed by atoms with Gasteiger partial charge in [-0.1, -0.05) is 0 Å². The van der Waals surface area contributed by atoms with Crippen molar-refractivity contribution in [2.24, 2.45) is 0 Å². The van der Waals surface area contributed by atoms with Gasteiger partial charge in [-0.15, -0.1) is 0 Å². The number of aromatic nitrogens is 1. The van der Waals surface area contributed by atoms with Crippen LogP contribution in [0.25, 0.3) is 0 Å². The van der Waals surface area contributed by atoms with Crippen LogP contribution in [-0.2, 0) is 10.0 Å². The fraction of sp³-hybridized carbons (Fsp3) is 0.615. The first-order chi connectivity index (χ1) is 9.98. The summed E-state index contributed by atoms with van der Waals surface area (Å²) in [5, 5.41) is 0. The van der Waals surface area contributed by atoms with E-state index < -0.39 is 22.4 Å². The number of anilines is 1. The van der Waals surface area contributed by atoms with Crippen LogP contribution in [0, 0.1) is 0 Å². The van der Waals surface area contributed by atoms with Crippen LogP contribution in [0.4, 0.5) is 14.6 Å². The summed E-state index contributed by atoms with van der Waals surface area (Å²) in [6.07, 6.45) is -0.0136. The van der Waals surface area contributed by atoms with Gasteiger partial charge in [0.05, 0.1) is 18.0 Å². The Labute approximate surface area is 122 Å². The van der Waals surface area contributed by atoms with E-state index >= 15 is 0 Å². The van der Waals surface area contributed by atoms with E-state index in [0.29, 0.717) is 18.9 Å². The second kappa shape index (κ2) is 5.49. The van der Waals surface area contributed by atoms with Crippen molar-refractivity contribution in [1.29, 1.82) is 0 Å². The van der Waals surface area contributed by atoms with E-state index in [0.717, 1.165) is 12.8 Å². The lowest BCUT2D eigenvalue weighted by Crippen LogP contribution is -2.28. The van der Waals surface area contributed by atoms with Crippen molar-refractivity contribution in [2.45, 2.75) is 30.1 Å². The predicted octanol–water partition coefficient (Wildman–Crippen LogP) is 1.36. The number of halogens is 2. The minimum Gasteiger partial charge on any atom is -0.351 e. The van der Waals surface area contributed by atoms with Gasteiger partial charge >= 0.3 is 0 Å². The Morgan fingerprint density at radius 2 is 1.76 bits per heavy atom. The molecule has 0 N–H and O–H groups in total. The molecule has 1 aromatic heterocycles. The van der Waals surface area contributed by atoms with Gasteiger partial charge in [0.15, 0.2) is 12.3 Å². The van der Waals surface area contributed by atoms with Gasteiger partial charge in [-0.25, -0.2) is 22.2 Å². The third-order valence-electron chi connectivity index (χ3n) is 3.93. The van der Waals surface area contributed by atoms with Crippen LogP contribution < -0.4 is 4.90 Å². The third-order valence-corrected chi connectivity index (χ3v) is 5.82. The van der Waals surface area contributed by atoms with Gasteiger partial charge in [-0.3, -0.25) is 0 Å². The highest BCUT2D eigenvalue weighted by Gasteiger charge is 2.34. The average molecular weight is 317 g/mol. The summed E-state index contributed by atoms with van der Waals surface area (Å²) < 4.78 is 52.9. The number of hydrogen-bond acceptors (Lipinski definition) is 4. The Kier molecular flexibility index (Phi) is 3.83. The molecule has 0 saturated carbocycles. The zero-order valence-electron chi connectivity index (χ0n) is 11.5. The Balaban J connectivity index is 1.86. The molecule has 2 saturated heterocycles. The minimum absolute atomic E-state index is 0.0959. The predicted molar refractivity (Wildman–Crippen MR) is 74.2 cm³/mol. The molecule has 0 aliphatic carbocycles. The Hall–Kier alpha value is -1.28. The molecule has 3 heterocycles. The molecule has 3 rings (SSSR count). The van der Waals surface area contributed by atoms with E-state index in [2.05, 4.69) is 4.98 Å². The van der Waals surface area contributed by atoms with Crippen LogP contribution in [0.3, 0.4) is 0 Å². The lowest BCUT2D eigenvalue weighted by molar-refractivity contribution is 0.217. The Morgan fingerprint density at radius 3 is 2.38 bits per heavy atom. The van der Waals surface area contributed by atoms with Crippen LogP contribution in [0.5, 0.6) is 0 Å². The fourth-order valence-electron chi connectivity index (χ4n) is 2.72. The van der Waals surface area contributed by atoms with E-state index in [9.17, 15) is 17.2 Å². The van der Waals surface area contributed by atoms with E-state index in [4.69, 9.17) is 0 Å². The van der Waals surface area contributed by atoms with Crippen molar-refractivity contribution in [3.63, 3.8) is 0 Å². The molecule has 2 aliphatic rings. The summed E-state index contributed by atoms with van der Waals surface area (Å²) in [7, 11) is -3.54. The van der Waals surface area contributed by atoms with Gasteiger partial charge < -0.3 is 4.90 Å². The second-order valence-electron chi connectivity index (χ2n) is 5.40. The van der Waals surface area contributed by atoms with Gasteiger partial charge in [-0.05, 0) is 18.9 Å². The summed E-state index contributed by atoms with van der Waals surface area (Å²) in [5.41, 5.74) is 0. The van der Waals surface area contributed by atoms with E-state index in [1.54, 1.807) is 0 Å². The lowest BCUT2D eigenvalue weighted by atomic mass is 10.3. The third kappa shape index (κ3) is 2.74. The summed E-state index contributed by atoms with van der Waals surface area (Å²) in [5.74, 6) is 0.304. The molecule has 2 atom stereocenters. The average Bonchev–Trinajstić information content (AvgIpc) is 3.10. The largest absolute Gasteiger partial charge is 0.351 e. The van der Waals surface area contributed by atoms with Gasteiger partial charge in [-0.2, -0.15) is 4.31 Å². The van der Waals surface area contributed by atoms with E-state index in [-0.39, 0.29) is 18.0 Å². The maximum Gasteiger partial charge on any atom is 0.243 e. The highest BCUT2D eigenvalue weighted by molar-refractivity contribution is 7.89. The quantitative estimate of drug-likeness (QED) is 0.845. The number of alkyl halides is 2. The Morgan fingerprint density at radius 1 is 1.14 bits per heavy atom. The van der Waals surface area contributed by atoms with Crippen molar-refractivity contribution in [2.75, 3.05) is 31.1 Å². The molecular weight excluding hydrogens is 300 g/mol. The molecule has 0 bridgehead atoms. The van der Waals surface area contributed by atoms with Crippen LogP contribution in [0.1, 0.15) is 12.8 Å². The van der Waals surface area contributed by atoms with Gasteiger partial charge in [0.1, 0.15) is 5.82 Å². The molecule has 5 nitrogen and oxygen atoms in total. The van der Waals surface area contributed by atoms with Gasteiger partial charge in [0.25, 0.3) is 0 Å². The molecule has 116 valence electrons. The second-order valence-corrected chi connectivity index (χ2v) is 7.34. The smallest absolute Gasteiger partial charge is 0.243 e. The number of rotatable bonds is 3. The van der Waals surface area contributed by atoms with Crippen molar-refractivity contribution in [3.8, 4) is 0 Å². The molecule has 8 heteroatoms. The molecule has 1 aromatic rings. The molecule has 21 heavy (non-hydrogen) atoms. The zero-order chi connectivity index (χ0) is 15.0.